The maximum atomic E-state index is 13.7. The van der Waals surface area contributed by atoms with E-state index >= 15 is 0 Å². The molecule has 2 aliphatic rings. The lowest BCUT2D eigenvalue weighted by Gasteiger charge is -2.39. The number of nitrogens with zero attached hydrogens (tertiary/aromatic N) is 1. The molecular formula is C27H34N2O3S. The maximum Gasteiger partial charge on any atom is 0.262 e. The summed E-state index contributed by atoms with van der Waals surface area (Å²) in [7, 11) is 1.64. The number of carbonyl (C=O) groups excluding carboxylic acids is 1. The van der Waals surface area contributed by atoms with Gasteiger partial charge in [0.05, 0.1) is 18.1 Å². The molecule has 2 fully saturated rings. The van der Waals surface area contributed by atoms with E-state index in [1.807, 2.05) is 68.5 Å². The highest BCUT2D eigenvalue weighted by Crippen LogP contribution is 2.42. The van der Waals surface area contributed by atoms with Crippen molar-refractivity contribution in [3.8, 4) is 11.5 Å². The fraction of sp³-hybridized carbons (Fsp3) is 0.444. The molecule has 0 bridgehead atoms. The predicted octanol–water partition coefficient (Wildman–Crippen LogP) is 6.37. The molecule has 1 unspecified atom stereocenters. The first kappa shape index (κ1) is 23.6. The SMILES string of the molecule is COc1cc(/C=C2\SC(Nc3ccccc3)N([C@@H]3CCCC[C@@H]3C)C2=O)ccc1OC(C)C. The van der Waals surface area contributed by atoms with Gasteiger partial charge in [0.2, 0.25) is 0 Å². The van der Waals surface area contributed by atoms with Crippen molar-refractivity contribution in [1.29, 1.82) is 0 Å². The normalized spacial score (nSPS) is 24.4. The summed E-state index contributed by atoms with van der Waals surface area (Å²) in [5.41, 5.74) is 1.83. The first-order valence-electron chi connectivity index (χ1n) is 11.8. The van der Waals surface area contributed by atoms with E-state index in [-0.39, 0.29) is 23.6 Å². The molecule has 4 rings (SSSR count). The second-order valence-electron chi connectivity index (χ2n) is 9.11. The number of rotatable bonds is 7. The Morgan fingerprint density at radius 2 is 1.85 bits per heavy atom. The number of ether oxygens (including phenoxy) is 2. The van der Waals surface area contributed by atoms with E-state index in [4.69, 9.17) is 9.47 Å². The fourth-order valence-corrected chi connectivity index (χ4v) is 5.86. The van der Waals surface area contributed by atoms with E-state index in [1.54, 1.807) is 18.9 Å². The smallest absolute Gasteiger partial charge is 0.262 e. The van der Waals surface area contributed by atoms with Crippen LogP contribution in [0.2, 0.25) is 0 Å². The van der Waals surface area contributed by atoms with Crippen molar-refractivity contribution in [3.63, 3.8) is 0 Å². The molecule has 6 heteroatoms. The van der Waals surface area contributed by atoms with Crippen molar-refractivity contribution in [1.82, 2.24) is 4.90 Å². The first-order valence-corrected chi connectivity index (χ1v) is 12.7. The third-order valence-electron chi connectivity index (χ3n) is 6.27. The van der Waals surface area contributed by atoms with Crippen LogP contribution in [0.3, 0.4) is 0 Å². The second-order valence-corrected chi connectivity index (χ2v) is 10.2. The predicted molar refractivity (Wildman–Crippen MR) is 136 cm³/mol. The molecule has 3 atom stereocenters. The summed E-state index contributed by atoms with van der Waals surface area (Å²) >= 11 is 1.59. The molecule has 1 saturated carbocycles. The van der Waals surface area contributed by atoms with Gasteiger partial charge in [-0.3, -0.25) is 4.79 Å². The molecule has 5 nitrogen and oxygen atoms in total. The Bertz CT molecular complexity index is 992. The Kier molecular flexibility index (Phi) is 7.53. The van der Waals surface area contributed by atoms with Crippen molar-refractivity contribution in [2.75, 3.05) is 12.4 Å². The number of thioether (sulfide) groups is 1. The standard InChI is InChI=1S/C27H34N2O3S/c1-18(2)32-23-15-14-20(16-24(23)31-4)17-25-26(30)29(22-13-9-8-10-19(22)3)27(33-25)28-21-11-6-5-7-12-21/h5-7,11-12,14-19,22,27-28H,8-10,13H2,1-4H3/b25-17-/t19-,22+,27?/m0/s1. The lowest BCUT2D eigenvalue weighted by atomic mass is 9.85. The number of para-hydroxylation sites is 1. The first-order chi connectivity index (χ1) is 16.0. The molecular weight excluding hydrogens is 432 g/mol. The van der Waals surface area contributed by atoms with Crippen LogP contribution in [0.5, 0.6) is 11.5 Å². The molecule has 0 radical (unpaired) electrons. The monoisotopic (exact) mass is 466 g/mol. The maximum absolute atomic E-state index is 13.7. The summed E-state index contributed by atoms with van der Waals surface area (Å²) < 4.78 is 11.4. The van der Waals surface area contributed by atoms with Gasteiger partial charge in [-0.15, -0.1) is 0 Å². The second kappa shape index (κ2) is 10.6. The van der Waals surface area contributed by atoms with Gasteiger partial charge >= 0.3 is 0 Å². The Labute approximate surface area is 201 Å². The number of hydrogen-bond donors (Lipinski definition) is 1. The molecule has 1 heterocycles. The third kappa shape index (κ3) is 5.49. The van der Waals surface area contributed by atoms with Crippen LogP contribution < -0.4 is 14.8 Å². The highest BCUT2D eigenvalue weighted by Gasteiger charge is 2.42. The number of amides is 1. The molecule has 1 aliphatic heterocycles. The number of carbonyl (C=O) groups is 1. The minimum absolute atomic E-state index is 0.0610. The van der Waals surface area contributed by atoms with Crippen molar-refractivity contribution < 1.29 is 14.3 Å². The lowest BCUT2D eigenvalue weighted by molar-refractivity contribution is -0.129. The zero-order valence-corrected chi connectivity index (χ0v) is 20.7. The zero-order valence-electron chi connectivity index (χ0n) is 19.9. The van der Waals surface area contributed by atoms with Gasteiger partial charge < -0.3 is 19.7 Å². The van der Waals surface area contributed by atoms with Crippen LogP contribution in [-0.4, -0.2) is 35.6 Å². The molecule has 176 valence electrons. The number of hydrogen-bond acceptors (Lipinski definition) is 5. The van der Waals surface area contributed by atoms with Crippen LogP contribution in [0.1, 0.15) is 52.0 Å². The number of anilines is 1. The average molecular weight is 467 g/mol. The molecule has 0 spiro atoms. The zero-order chi connectivity index (χ0) is 23.4. The third-order valence-corrected chi connectivity index (χ3v) is 7.39. The lowest BCUT2D eigenvalue weighted by Crippen LogP contribution is -2.48. The van der Waals surface area contributed by atoms with Gasteiger partial charge in [-0.1, -0.05) is 55.8 Å². The largest absolute Gasteiger partial charge is 0.493 e. The van der Waals surface area contributed by atoms with Gasteiger partial charge in [-0.05, 0) is 68.5 Å². The number of benzene rings is 2. The number of methoxy groups -OCH3 is 1. The Balaban J connectivity index is 1.63. The molecule has 1 aliphatic carbocycles. The van der Waals surface area contributed by atoms with Gasteiger partial charge in [0, 0.05) is 11.7 Å². The van der Waals surface area contributed by atoms with Gasteiger partial charge in [-0.2, -0.15) is 0 Å². The molecule has 1 saturated heterocycles. The van der Waals surface area contributed by atoms with Crippen molar-refractivity contribution >= 4 is 29.4 Å². The van der Waals surface area contributed by atoms with Crippen LogP contribution in [0.25, 0.3) is 6.08 Å². The Morgan fingerprint density at radius 3 is 2.55 bits per heavy atom. The van der Waals surface area contributed by atoms with Crippen molar-refractivity contribution in [2.45, 2.75) is 64.1 Å². The fourth-order valence-electron chi connectivity index (χ4n) is 4.64. The molecule has 1 amide bonds. The molecule has 2 aromatic carbocycles. The molecule has 1 N–H and O–H groups in total. The van der Waals surface area contributed by atoms with Crippen LogP contribution >= 0.6 is 11.8 Å². The van der Waals surface area contributed by atoms with Crippen LogP contribution in [0, 0.1) is 5.92 Å². The van der Waals surface area contributed by atoms with Crippen LogP contribution in [0.15, 0.2) is 53.4 Å². The van der Waals surface area contributed by atoms with E-state index in [0.29, 0.717) is 17.4 Å². The Morgan fingerprint density at radius 1 is 1.09 bits per heavy atom. The van der Waals surface area contributed by atoms with Gasteiger partial charge in [0.15, 0.2) is 17.0 Å². The molecule has 0 aromatic heterocycles. The van der Waals surface area contributed by atoms with Gasteiger partial charge in [0.1, 0.15) is 0 Å². The average Bonchev–Trinajstić information content (AvgIpc) is 3.10. The summed E-state index contributed by atoms with van der Waals surface area (Å²) in [6.07, 6.45) is 6.69. The number of nitrogens with one attached hydrogen (secondary N) is 1. The van der Waals surface area contributed by atoms with E-state index in [2.05, 4.69) is 17.1 Å². The van der Waals surface area contributed by atoms with Crippen molar-refractivity contribution in [2.24, 2.45) is 5.92 Å². The summed E-state index contributed by atoms with van der Waals surface area (Å²) in [6.45, 7) is 6.26. The summed E-state index contributed by atoms with van der Waals surface area (Å²) in [5.74, 6) is 1.98. The van der Waals surface area contributed by atoms with Crippen LogP contribution in [-0.2, 0) is 4.79 Å². The van der Waals surface area contributed by atoms with E-state index in [1.165, 1.54) is 19.3 Å². The van der Waals surface area contributed by atoms with E-state index in [0.717, 1.165) is 22.6 Å². The minimum atomic E-state index is -0.123. The van der Waals surface area contributed by atoms with Crippen LogP contribution in [0.4, 0.5) is 5.69 Å². The summed E-state index contributed by atoms with van der Waals surface area (Å²) in [5, 5.41) is 3.59. The Hall–Kier alpha value is -2.60. The summed E-state index contributed by atoms with van der Waals surface area (Å²) in [4.78, 5) is 16.5. The summed E-state index contributed by atoms with van der Waals surface area (Å²) in [6, 6.07) is 16.2. The van der Waals surface area contributed by atoms with E-state index in [9.17, 15) is 4.79 Å². The van der Waals surface area contributed by atoms with Gasteiger partial charge in [0.25, 0.3) is 5.91 Å². The van der Waals surface area contributed by atoms with Gasteiger partial charge in [-0.25, -0.2) is 0 Å². The molecule has 2 aromatic rings. The molecule has 33 heavy (non-hydrogen) atoms. The highest BCUT2D eigenvalue weighted by molar-refractivity contribution is 8.05. The highest BCUT2D eigenvalue weighted by atomic mass is 32.2. The topological polar surface area (TPSA) is 50.8 Å². The quantitative estimate of drug-likeness (QED) is 0.480. The van der Waals surface area contributed by atoms with E-state index < -0.39 is 0 Å². The minimum Gasteiger partial charge on any atom is -0.493 e. The van der Waals surface area contributed by atoms with Crippen molar-refractivity contribution in [3.05, 3.63) is 59.0 Å².